The van der Waals surface area contributed by atoms with Gasteiger partial charge in [0.2, 0.25) is 0 Å². The van der Waals surface area contributed by atoms with Gasteiger partial charge in [-0.05, 0) is 88.2 Å². The van der Waals surface area contributed by atoms with E-state index in [0.717, 1.165) is 5.56 Å². The molecule has 0 spiro atoms. The maximum absolute atomic E-state index is 4.33. The lowest BCUT2D eigenvalue weighted by atomic mass is 9.86. The molecule has 0 radical (unpaired) electrons. The molecule has 2 heteroatoms. The van der Waals surface area contributed by atoms with Crippen LogP contribution in [0.15, 0.2) is 158 Å². The van der Waals surface area contributed by atoms with Gasteiger partial charge in [-0.2, -0.15) is 0 Å². The van der Waals surface area contributed by atoms with E-state index in [-0.39, 0.29) is 0 Å². The zero-order chi connectivity index (χ0) is 29.0. The molecule has 1 heterocycles. The third-order valence-corrected chi connectivity index (χ3v) is 9.01. The summed E-state index contributed by atoms with van der Waals surface area (Å²) in [7, 11) is 0. The fourth-order valence-corrected chi connectivity index (χ4v) is 7.03. The summed E-state index contributed by atoms with van der Waals surface area (Å²) in [6.07, 6.45) is 5.40. The first-order valence-corrected chi connectivity index (χ1v) is 15.0. The monoisotopic (exact) mass is 558 g/mol. The summed E-state index contributed by atoms with van der Waals surface area (Å²) in [6.45, 7) is 0. The minimum Gasteiger partial charge on any atom is -0.244 e. The Morgan fingerprint density at radius 1 is 0.318 bits per heavy atom. The summed E-state index contributed by atoms with van der Waals surface area (Å²) in [4.78, 5) is 8.67. The molecular weight excluding hydrogens is 532 g/mol. The Balaban J connectivity index is 1.23. The first-order chi connectivity index (χ1) is 21.8. The smallest absolute Gasteiger partial charge is 0.115 e. The Hall–Kier alpha value is -5.86. The average Bonchev–Trinajstić information content (AvgIpc) is 3.10. The Bertz CT molecular complexity index is 2470. The Morgan fingerprint density at radius 2 is 0.864 bits per heavy atom. The SMILES string of the molecule is c1ccc2cc3c(ccc4c(-c5ccc(-c6c7ccccc7c(-c7cncnc7)c7ccccc67)cc5)cccc43)cc2c1. The van der Waals surface area contributed by atoms with Crippen molar-refractivity contribution in [2.24, 2.45) is 0 Å². The minimum absolute atomic E-state index is 1.03. The van der Waals surface area contributed by atoms with Crippen molar-refractivity contribution in [3.8, 4) is 33.4 Å². The maximum atomic E-state index is 4.33. The first-order valence-electron chi connectivity index (χ1n) is 15.0. The summed E-state index contributed by atoms with van der Waals surface area (Å²) >= 11 is 0. The fraction of sp³-hybridized carbons (Fsp3) is 0. The average molecular weight is 559 g/mol. The van der Waals surface area contributed by atoms with E-state index in [1.807, 2.05) is 12.4 Å². The molecule has 204 valence electrons. The van der Waals surface area contributed by atoms with Gasteiger partial charge in [0, 0.05) is 23.5 Å². The molecule has 9 aromatic rings. The van der Waals surface area contributed by atoms with Crippen LogP contribution in [0.4, 0.5) is 0 Å². The molecule has 0 aliphatic rings. The lowest BCUT2D eigenvalue weighted by Gasteiger charge is -2.17. The van der Waals surface area contributed by atoms with Crippen molar-refractivity contribution >= 4 is 53.9 Å². The number of aromatic nitrogens is 2. The topological polar surface area (TPSA) is 25.8 Å². The second kappa shape index (κ2) is 9.86. The zero-order valence-corrected chi connectivity index (χ0v) is 23.9. The fourth-order valence-electron chi connectivity index (χ4n) is 7.03. The van der Waals surface area contributed by atoms with Crippen LogP contribution in [0.3, 0.4) is 0 Å². The van der Waals surface area contributed by atoms with Crippen LogP contribution in [0, 0.1) is 0 Å². The summed E-state index contributed by atoms with van der Waals surface area (Å²) in [6, 6.07) is 51.0. The number of nitrogens with zero attached hydrogens (tertiary/aromatic N) is 2. The lowest BCUT2D eigenvalue weighted by molar-refractivity contribution is 1.17. The molecule has 0 amide bonds. The van der Waals surface area contributed by atoms with Gasteiger partial charge in [0.05, 0.1) is 0 Å². The Labute approximate surface area is 254 Å². The molecule has 0 aliphatic carbocycles. The number of hydrogen-bond donors (Lipinski definition) is 0. The molecule has 0 fully saturated rings. The molecule has 0 unspecified atom stereocenters. The van der Waals surface area contributed by atoms with Crippen LogP contribution in [0.25, 0.3) is 87.2 Å². The summed E-state index contributed by atoms with van der Waals surface area (Å²) < 4.78 is 0. The van der Waals surface area contributed by atoms with Gasteiger partial charge >= 0.3 is 0 Å². The largest absolute Gasteiger partial charge is 0.244 e. The zero-order valence-electron chi connectivity index (χ0n) is 23.9. The van der Waals surface area contributed by atoms with E-state index >= 15 is 0 Å². The molecule has 0 saturated carbocycles. The van der Waals surface area contributed by atoms with Crippen LogP contribution in [0.5, 0.6) is 0 Å². The number of benzene rings is 8. The van der Waals surface area contributed by atoms with Crippen LogP contribution >= 0.6 is 0 Å². The van der Waals surface area contributed by atoms with Crippen molar-refractivity contribution in [3.05, 3.63) is 158 Å². The number of hydrogen-bond acceptors (Lipinski definition) is 2. The molecule has 1 aromatic heterocycles. The quantitative estimate of drug-likeness (QED) is 0.159. The van der Waals surface area contributed by atoms with Gasteiger partial charge < -0.3 is 0 Å². The van der Waals surface area contributed by atoms with Gasteiger partial charge in [-0.3, -0.25) is 0 Å². The van der Waals surface area contributed by atoms with Crippen LogP contribution in [-0.4, -0.2) is 9.97 Å². The van der Waals surface area contributed by atoms with Crippen LogP contribution in [0.1, 0.15) is 0 Å². The molecule has 44 heavy (non-hydrogen) atoms. The standard InChI is InChI=1S/C42H26N2/c1-2-9-30-23-40-31(22-29(30)8-1)20-21-35-33(14-7-15-34(35)40)27-16-18-28(19-17-27)41-36-10-3-5-12-38(36)42(32-24-43-26-44-25-32)39-13-6-4-11-37(39)41/h1-26H. The van der Waals surface area contributed by atoms with E-state index in [2.05, 4.69) is 149 Å². The Morgan fingerprint density at radius 3 is 1.52 bits per heavy atom. The van der Waals surface area contributed by atoms with E-state index in [0.29, 0.717) is 0 Å². The van der Waals surface area contributed by atoms with Crippen molar-refractivity contribution in [1.82, 2.24) is 9.97 Å². The molecular formula is C42H26N2. The van der Waals surface area contributed by atoms with Gasteiger partial charge in [0.15, 0.2) is 0 Å². The van der Waals surface area contributed by atoms with Crippen molar-refractivity contribution < 1.29 is 0 Å². The third kappa shape index (κ3) is 3.82. The van der Waals surface area contributed by atoms with Gasteiger partial charge in [-0.15, -0.1) is 0 Å². The van der Waals surface area contributed by atoms with E-state index in [1.165, 1.54) is 81.7 Å². The summed E-state index contributed by atoms with van der Waals surface area (Å²) in [5.74, 6) is 0. The molecule has 0 saturated heterocycles. The first kappa shape index (κ1) is 24.7. The molecule has 9 rings (SSSR count). The minimum atomic E-state index is 1.03. The van der Waals surface area contributed by atoms with Crippen molar-refractivity contribution in [3.63, 3.8) is 0 Å². The van der Waals surface area contributed by atoms with Crippen LogP contribution < -0.4 is 0 Å². The number of fused-ring (bicyclic) bond motifs is 6. The highest BCUT2D eigenvalue weighted by Crippen LogP contribution is 2.44. The molecule has 0 bridgehead atoms. The van der Waals surface area contributed by atoms with Crippen LogP contribution in [0.2, 0.25) is 0 Å². The lowest BCUT2D eigenvalue weighted by Crippen LogP contribution is -1.92. The van der Waals surface area contributed by atoms with E-state index in [4.69, 9.17) is 0 Å². The predicted octanol–water partition coefficient (Wildman–Crippen LogP) is 11.2. The van der Waals surface area contributed by atoms with Gasteiger partial charge in [-0.25, -0.2) is 9.97 Å². The molecule has 8 aromatic carbocycles. The van der Waals surface area contributed by atoms with Crippen molar-refractivity contribution in [1.29, 1.82) is 0 Å². The van der Waals surface area contributed by atoms with Gasteiger partial charge in [0.25, 0.3) is 0 Å². The predicted molar refractivity (Wildman–Crippen MR) is 186 cm³/mol. The van der Waals surface area contributed by atoms with Crippen molar-refractivity contribution in [2.45, 2.75) is 0 Å². The highest BCUT2D eigenvalue weighted by molar-refractivity contribution is 6.21. The highest BCUT2D eigenvalue weighted by Gasteiger charge is 2.17. The second-order valence-electron chi connectivity index (χ2n) is 11.4. The summed E-state index contributed by atoms with van der Waals surface area (Å²) in [5.41, 5.74) is 7.11. The number of rotatable bonds is 3. The van der Waals surface area contributed by atoms with Crippen LogP contribution in [-0.2, 0) is 0 Å². The normalized spacial score (nSPS) is 11.6. The second-order valence-corrected chi connectivity index (χ2v) is 11.4. The summed E-state index contributed by atoms with van der Waals surface area (Å²) in [5, 5.41) is 12.5. The molecule has 0 atom stereocenters. The van der Waals surface area contributed by atoms with Gasteiger partial charge in [-0.1, -0.05) is 127 Å². The maximum Gasteiger partial charge on any atom is 0.115 e. The molecule has 0 N–H and O–H groups in total. The molecule has 2 nitrogen and oxygen atoms in total. The third-order valence-electron chi connectivity index (χ3n) is 9.01. The van der Waals surface area contributed by atoms with E-state index in [1.54, 1.807) is 6.33 Å². The molecule has 0 aliphatic heterocycles. The van der Waals surface area contributed by atoms with Crippen molar-refractivity contribution in [2.75, 3.05) is 0 Å². The van der Waals surface area contributed by atoms with E-state index in [9.17, 15) is 0 Å². The van der Waals surface area contributed by atoms with Gasteiger partial charge in [0.1, 0.15) is 6.33 Å². The Kier molecular flexibility index (Phi) is 5.54. The van der Waals surface area contributed by atoms with E-state index < -0.39 is 0 Å². The highest BCUT2D eigenvalue weighted by atomic mass is 14.8.